The topological polar surface area (TPSA) is 81.7 Å². The number of benzene rings is 1. The molecule has 0 aliphatic carbocycles. The van der Waals surface area contributed by atoms with Gasteiger partial charge in [0.2, 0.25) is 0 Å². The fraction of sp³-hybridized carbons (Fsp3) is 0.312. The summed E-state index contributed by atoms with van der Waals surface area (Å²) in [6.45, 7) is 5.22. The molecular weight excluding hydrogens is 286 g/mol. The summed E-state index contributed by atoms with van der Waals surface area (Å²) in [5.41, 5.74) is 2.59. The number of anilines is 1. The average Bonchev–Trinajstić information content (AvgIpc) is 2.47. The second-order valence-electron chi connectivity index (χ2n) is 4.56. The van der Waals surface area contributed by atoms with Crippen LogP contribution in [0.5, 0.6) is 0 Å². The number of ether oxygens (including phenoxy) is 2. The van der Waals surface area contributed by atoms with E-state index in [0.29, 0.717) is 5.69 Å². The number of amides is 1. The summed E-state index contributed by atoms with van der Waals surface area (Å²) in [6.07, 6.45) is 1.87. The fourth-order valence-electron chi connectivity index (χ4n) is 1.57. The minimum absolute atomic E-state index is 0.219. The number of carbonyl (C=O) groups excluding carboxylic acids is 3. The molecule has 22 heavy (non-hydrogen) atoms. The van der Waals surface area contributed by atoms with E-state index in [1.165, 1.54) is 0 Å². The van der Waals surface area contributed by atoms with Gasteiger partial charge in [0.05, 0.1) is 6.61 Å². The van der Waals surface area contributed by atoms with Crippen LogP contribution < -0.4 is 5.32 Å². The van der Waals surface area contributed by atoms with E-state index in [4.69, 9.17) is 4.74 Å². The minimum atomic E-state index is -0.788. The van der Waals surface area contributed by atoms with Gasteiger partial charge in [-0.3, -0.25) is 4.79 Å². The molecule has 0 aliphatic heterocycles. The summed E-state index contributed by atoms with van der Waals surface area (Å²) in [5.74, 6) is -1.88. The normalized spacial score (nSPS) is 10.3. The molecule has 1 N–H and O–H groups in total. The maximum Gasteiger partial charge on any atom is 0.331 e. The Morgan fingerprint density at radius 2 is 1.73 bits per heavy atom. The quantitative estimate of drug-likeness (QED) is 0.641. The van der Waals surface area contributed by atoms with Gasteiger partial charge in [-0.15, -0.1) is 0 Å². The number of nitrogens with one attached hydrogen (secondary N) is 1. The maximum atomic E-state index is 11.7. The molecule has 1 rings (SSSR count). The van der Waals surface area contributed by atoms with Crippen molar-refractivity contribution in [3.05, 3.63) is 41.5 Å². The lowest BCUT2D eigenvalue weighted by atomic mass is 10.1. The van der Waals surface area contributed by atoms with Crippen LogP contribution in [0, 0.1) is 13.8 Å². The Hall–Kier alpha value is -2.63. The van der Waals surface area contributed by atoms with E-state index in [9.17, 15) is 14.4 Å². The molecule has 0 saturated carbocycles. The molecule has 0 bridgehead atoms. The molecule has 0 spiro atoms. The molecular formula is C16H19NO5. The van der Waals surface area contributed by atoms with E-state index in [1.807, 2.05) is 32.0 Å². The molecule has 118 valence electrons. The number of rotatable bonds is 6. The summed E-state index contributed by atoms with van der Waals surface area (Å²) in [6, 6.07) is 5.65. The van der Waals surface area contributed by atoms with Crippen LogP contribution in [0.15, 0.2) is 30.4 Å². The van der Waals surface area contributed by atoms with Crippen molar-refractivity contribution in [2.24, 2.45) is 0 Å². The van der Waals surface area contributed by atoms with Crippen LogP contribution in [0.25, 0.3) is 0 Å². The summed E-state index contributed by atoms with van der Waals surface area (Å²) in [7, 11) is 0. The highest BCUT2D eigenvalue weighted by atomic mass is 16.5. The van der Waals surface area contributed by atoms with Crippen molar-refractivity contribution >= 4 is 23.5 Å². The van der Waals surface area contributed by atoms with E-state index in [1.54, 1.807) is 6.92 Å². The Kier molecular flexibility index (Phi) is 6.82. The summed E-state index contributed by atoms with van der Waals surface area (Å²) in [4.78, 5) is 34.0. The highest BCUT2D eigenvalue weighted by Crippen LogP contribution is 2.16. The van der Waals surface area contributed by atoms with Gasteiger partial charge in [-0.1, -0.05) is 12.1 Å². The zero-order valence-electron chi connectivity index (χ0n) is 12.8. The van der Waals surface area contributed by atoms with Gasteiger partial charge in [-0.05, 0) is 38.0 Å². The van der Waals surface area contributed by atoms with E-state index < -0.39 is 24.5 Å². The molecule has 0 unspecified atom stereocenters. The Balaban J connectivity index is 2.44. The van der Waals surface area contributed by atoms with Crippen LogP contribution in [0.3, 0.4) is 0 Å². The average molecular weight is 305 g/mol. The number of hydrogen-bond donors (Lipinski definition) is 1. The van der Waals surface area contributed by atoms with Crippen molar-refractivity contribution in [1.29, 1.82) is 0 Å². The van der Waals surface area contributed by atoms with Gasteiger partial charge >= 0.3 is 11.9 Å². The molecule has 0 heterocycles. The molecule has 6 heteroatoms. The molecule has 0 fully saturated rings. The zero-order chi connectivity index (χ0) is 16.5. The first kappa shape index (κ1) is 17.4. The van der Waals surface area contributed by atoms with Crippen molar-refractivity contribution in [2.75, 3.05) is 18.5 Å². The Morgan fingerprint density at radius 1 is 1.09 bits per heavy atom. The van der Waals surface area contributed by atoms with Crippen molar-refractivity contribution in [3.63, 3.8) is 0 Å². The number of carbonyl (C=O) groups is 3. The van der Waals surface area contributed by atoms with E-state index >= 15 is 0 Å². The fourth-order valence-corrected chi connectivity index (χ4v) is 1.57. The Labute approximate surface area is 129 Å². The Bertz CT molecular complexity index is 592. The lowest BCUT2D eigenvalue weighted by molar-refractivity contribution is -0.143. The van der Waals surface area contributed by atoms with E-state index in [-0.39, 0.29) is 6.61 Å². The second-order valence-corrected chi connectivity index (χ2v) is 4.56. The van der Waals surface area contributed by atoms with Crippen LogP contribution in [0.4, 0.5) is 5.69 Å². The maximum absolute atomic E-state index is 11.7. The zero-order valence-corrected chi connectivity index (χ0v) is 12.8. The predicted molar refractivity (Wildman–Crippen MR) is 81.3 cm³/mol. The van der Waals surface area contributed by atoms with Gasteiger partial charge < -0.3 is 14.8 Å². The second kappa shape index (κ2) is 8.61. The third kappa shape index (κ3) is 6.21. The third-order valence-electron chi connectivity index (χ3n) is 2.65. The molecule has 1 aromatic carbocycles. The van der Waals surface area contributed by atoms with Crippen molar-refractivity contribution in [1.82, 2.24) is 0 Å². The molecule has 0 atom stereocenters. The first-order valence-electron chi connectivity index (χ1n) is 6.81. The molecule has 1 aromatic rings. The van der Waals surface area contributed by atoms with E-state index in [2.05, 4.69) is 10.1 Å². The lowest BCUT2D eigenvalue weighted by Crippen LogP contribution is -2.20. The van der Waals surface area contributed by atoms with Crippen molar-refractivity contribution in [2.45, 2.75) is 20.8 Å². The van der Waals surface area contributed by atoms with Crippen LogP contribution >= 0.6 is 0 Å². The largest absolute Gasteiger partial charge is 0.463 e. The van der Waals surface area contributed by atoms with Crippen LogP contribution in [0.1, 0.15) is 18.1 Å². The highest BCUT2D eigenvalue weighted by Gasteiger charge is 2.08. The van der Waals surface area contributed by atoms with E-state index in [0.717, 1.165) is 23.3 Å². The van der Waals surface area contributed by atoms with Gasteiger partial charge in [0.25, 0.3) is 5.91 Å². The molecule has 1 amide bonds. The minimum Gasteiger partial charge on any atom is -0.463 e. The van der Waals surface area contributed by atoms with Crippen LogP contribution in [-0.2, 0) is 23.9 Å². The summed E-state index contributed by atoms with van der Waals surface area (Å²) in [5, 5.41) is 2.66. The lowest BCUT2D eigenvalue weighted by Gasteiger charge is -2.09. The molecule has 0 aromatic heterocycles. The van der Waals surface area contributed by atoms with Gasteiger partial charge in [-0.25, -0.2) is 9.59 Å². The SMILES string of the molecule is CCOC(=O)C=CC(=O)OCC(=O)Nc1cc(C)ccc1C. The first-order chi connectivity index (χ1) is 10.4. The number of hydrogen-bond acceptors (Lipinski definition) is 5. The molecule has 0 saturated heterocycles. The Morgan fingerprint density at radius 3 is 2.36 bits per heavy atom. The third-order valence-corrected chi connectivity index (χ3v) is 2.65. The van der Waals surface area contributed by atoms with Crippen LogP contribution in [-0.4, -0.2) is 31.1 Å². The van der Waals surface area contributed by atoms with Crippen LogP contribution in [0.2, 0.25) is 0 Å². The van der Waals surface area contributed by atoms with Crippen molar-refractivity contribution in [3.8, 4) is 0 Å². The molecule has 6 nitrogen and oxygen atoms in total. The summed E-state index contributed by atoms with van der Waals surface area (Å²) >= 11 is 0. The monoisotopic (exact) mass is 305 g/mol. The predicted octanol–water partition coefficient (Wildman–Crippen LogP) is 1.90. The molecule has 0 aliphatic rings. The number of aryl methyl sites for hydroxylation is 2. The van der Waals surface area contributed by atoms with Gasteiger partial charge in [0.1, 0.15) is 0 Å². The van der Waals surface area contributed by atoms with Gasteiger partial charge in [-0.2, -0.15) is 0 Å². The standard InChI is InChI=1S/C16H19NO5/c1-4-21-15(19)7-8-16(20)22-10-14(18)17-13-9-11(2)5-6-12(13)3/h5-9H,4,10H2,1-3H3,(H,17,18). The first-order valence-corrected chi connectivity index (χ1v) is 6.81. The smallest absolute Gasteiger partial charge is 0.331 e. The van der Waals surface area contributed by atoms with Crippen molar-refractivity contribution < 1.29 is 23.9 Å². The highest BCUT2D eigenvalue weighted by molar-refractivity contribution is 5.96. The summed E-state index contributed by atoms with van der Waals surface area (Å²) < 4.78 is 9.34. The van der Waals surface area contributed by atoms with Gasteiger partial charge in [0.15, 0.2) is 6.61 Å². The molecule has 0 radical (unpaired) electrons. The number of esters is 2. The van der Waals surface area contributed by atoms with Gasteiger partial charge in [0, 0.05) is 17.8 Å².